The maximum absolute atomic E-state index is 13.7. The number of nitrogen functional groups attached to an aromatic ring is 1. The highest BCUT2D eigenvalue weighted by atomic mass is 35.5. The van der Waals surface area contributed by atoms with Gasteiger partial charge in [0.1, 0.15) is 0 Å². The number of rotatable bonds is 3. The summed E-state index contributed by atoms with van der Waals surface area (Å²) >= 11 is 6.40. The molecular formula is C24H20ClN5O2. The number of halogens is 1. The minimum atomic E-state index is -0.319. The third kappa shape index (κ3) is 3.31. The number of anilines is 1. The second kappa shape index (κ2) is 8.09. The standard InChI is InChI=1S/C24H20ClN5O2/c25-17-9-4-6-15-14-19(30(23(31)20(15)17)16-7-2-1-3-8-16)18-10-5-13-29(18)24(32)21-22(26)28-12-11-27-21/h1-4,6-9,11-12,14,18H,5,10,13H2,(H2,26,28). The summed E-state index contributed by atoms with van der Waals surface area (Å²) < 4.78 is 1.66. The third-order valence-electron chi connectivity index (χ3n) is 5.82. The highest BCUT2D eigenvalue weighted by Crippen LogP contribution is 2.35. The van der Waals surface area contributed by atoms with E-state index < -0.39 is 0 Å². The molecule has 2 aromatic carbocycles. The minimum absolute atomic E-state index is 0.0916. The van der Waals surface area contributed by atoms with E-state index in [4.69, 9.17) is 17.3 Å². The molecule has 0 bridgehead atoms. The molecule has 32 heavy (non-hydrogen) atoms. The van der Waals surface area contributed by atoms with Crippen LogP contribution >= 0.6 is 11.6 Å². The van der Waals surface area contributed by atoms with Crippen LogP contribution in [0.3, 0.4) is 0 Å². The van der Waals surface area contributed by atoms with Crippen molar-refractivity contribution in [2.24, 2.45) is 0 Å². The molecule has 1 aliphatic heterocycles. The zero-order chi connectivity index (χ0) is 22.2. The Morgan fingerprint density at radius 1 is 1.06 bits per heavy atom. The van der Waals surface area contributed by atoms with Gasteiger partial charge in [0, 0.05) is 30.3 Å². The Kier molecular flexibility index (Phi) is 5.11. The van der Waals surface area contributed by atoms with Gasteiger partial charge in [0.25, 0.3) is 11.5 Å². The van der Waals surface area contributed by atoms with Crippen LogP contribution in [0.15, 0.2) is 71.8 Å². The summed E-state index contributed by atoms with van der Waals surface area (Å²) in [5.41, 5.74) is 7.27. The third-order valence-corrected chi connectivity index (χ3v) is 6.14. The Labute approximate surface area is 189 Å². The molecule has 2 aromatic heterocycles. The molecule has 0 aliphatic carbocycles. The highest BCUT2D eigenvalue weighted by molar-refractivity contribution is 6.35. The fourth-order valence-electron chi connectivity index (χ4n) is 4.40. The van der Waals surface area contributed by atoms with Gasteiger partial charge >= 0.3 is 0 Å². The molecule has 5 rings (SSSR count). The molecular weight excluding hydrogens is 426 g/mol. The lowest BCUT2D eigenvalue weighted by Crippen LogP contribution is -2.35. The molecule has 1 saturated heterocycles. The molecule has 8 heteroatoms. The zero-order valence-electron chi connectivity index (χ0n) is 17.1. The second-order valence-electron chi connectivity index (χ2n) is 7.70. The van der Waals surface area contributed by atoms with Crippen molar-refractivity contribution in [1.29, 1.82) is 0 Å². The van der Waals surface area contributed by atoms with Crippen molar-refractivity contribution in [2.45, 2.75) is 18.9 Å². The van der Waals surface area contributed by atoms with Crippen LogP contribution in [0.1, 0.15) is 35.1 Å². The quantitative estimate of drug-likeness (QED) is 0.514. The van der Waals surface area contributed by atoms with Crippen LogP contribution in [0.4, 0.5) is 5.82 Å². The molecule has 3 heterocycles. The van der Waals surface area contributed by atoms with E-state index in [9.17, 15) is 9.59 Å². The summed E-state index contributed by atoms with van der Waals surface area (Å²) in [5, 5.41) is 1.59. The predicted octanol–water partition coefficient (Wildman–Crippen LogP) is 3.99. The Morgan fingerprint density at radius 3 is 2.62 bits per heavy atom. The number of para-hydroxylation sites is 1. The van der Waals surface area contributed by atoms with E-state index in [1.165, 1.54) is 12.4 Å². The van der Waals surface area contributed by atoms with Gasteiger partial charge in [-0.25, -0.2) is 9.97 Å². The first-order valence-electron chi connectivity index (χ1n) is 10.3. The number of hydrogen-bond donors (Lipinski definition) is 1. The fraction of sp³-hybridized carbons (Fsp3) is 0.167. The average Bonchev–Trinajstić information content (AvgIpc) is 3.29. The van der Waals surface area contributed by atoms with Gasteiger partial charge in [-0.05, 0) is 42.5 Å². The van der Waals surface area contributed by atoms with Crippen LogP contribution < -0.4 is 11.3 Å². The van der Waals surface area contributed by atoms with Gasteiger partial charge in [0.05, 0.1) is 16.5 Å². The van der Waals surface area contributed by atoms with Gasteiger partial charge in [0.15, 0.2) is 11.5 Å². The summed E-state index contributed by atoms with van der Waals surface area (Å²) in [7, 11) is 0. The minimum Gasteiger partial charge on any atom is -0.382 e. The number of nitrogens with zero attached hydrogens (tertiary/aromatic N) is 4. The number of hydrogen-bond acceptors (Lipinski definition) is 5. The van der Waals surface area contributed by atoms with E-state index in [2.05, 4.69) is 9.97 Å². The first-order valence-corrected chi connectivity index (χ1v) is 10.7. The normalized spacial score (nSPS) is 15.9. The van der Waals surface area contributed by atoms with E-state index in [1.54, 1.807) is 15.5 Å². The molecule has 1 aliphatic rings. The van der Waals surface area contributed by atoms with Gasteiger partial charge in [-0.1, -0.05) is 41.9 Å². The van der Waals surface area contributed by atoms with Crippen LogP contribution in [0.25, 0.3) is 16.5 Å². The van der Waals surface area contributed by atoms with Gasteiger partial charge in [-0.2, -0.15) is 0 Å². The average molecular weight is 446 g/mol. The van der Waals surface area contributed by atoms with Crippen molar-refractivity contribution in [3.8, 4) is 5.69 Å². The Morgan fingerprint density at radius 2 is 1.84 bits per heavy atom. The summed E-state index contributed by atoms with van der Waals surface area (Å²) in [6.07, 6.45) is 4.41. The van der Waals surface area contributed by atoms with E-state index in [0.29, 0.717) is 29.1 Å². The fourth-order valence-corrected chi connectivity index (χ4v) is 4.66. The van der Waals surface area contributed by atoms with E-state index >= 15 is 0 Å². The van der Waals surface area contributed by atoms with Crippen LogP contribution in [0.5, 0.6) is 0 Å². The molecule has 0 radical (unpaired) electrons. The first kappa shape index (κ1) is 20.2. The van der Waals surface area contributed by atoms with Gasteiger partial charge in [-0.3, -0.25) is 14.2 Å². The van der Waals surface area contributed by atoms with Crippen molar-refractivity contribution >= 4 is 34.1 Å². The maximum Gasteiger partial charge on any atom is 0.276 e. The summed E-state index contributed by atoms with van der Waals surface area (Å²) in [4.78, 5) is 36.9. The van der Waals surface area contributed by atoms with E-state index in [-0.39, 0.29) is 29.0 Å². The number of pyridine rings is 1. The van der Waals surface area contributed by atoms with Crippen LogP contribution in [-0.2, 0) is 0 Å². The number of aromatic nitrogens is 3. The number of carbonyl (C=O) groups is 1. The first-order chi connectivity index (χ1) is 15.6. The number of amides is 1. The van der Waals surface area contributed by atoms with Crippen LogP contribution in [0.2, 0.25) is 5.02 Å². The van der Waals surface area contributed by atoms with Gasteiger partial charge < -0.3 is 10.6 Å². The number of benzene rings is 2. The van der Waals surface area contributed by atoms with Gasteiger partial charge in [-0.15, -0.1) is 0 Å². The Bertz CT molecular complexity index is 1390. The molecule has 7 nitrogen and oxygen atoms in total. The number of carbonyl (C=O) groups excluding carboxylic acids is 1. The molecule has 1 fully saturated rings. The number of likely N-dealkylation sites (tertiary alicyclic amines) is 1. The number of fused-ring (bicyclic) bond motifs is 1. The zero-order valence-corrected chi connectivity index (χ0v) is 17.9. The van der Waals surface area contributed by atoms with Crippen LogP contribution in [0, 0.1) is 0 Å². The summed E-state index contributed by atoms with van der Waals surface area (Å²) in [5.74, 6) is -0.203. The molecule has 160 valence electrons. The largest absolute Gasteiger partial charge is 0.382 e. The highest BCUT2D eigenvalue weighted by Gasteiger charge is 2.34. The number of nitrogens with two attached hydrogens (primary N) is 1. The van der Waals surface area contributed by atoms with Crippen molar-refractivity contribution in [1.82, 2.24) is 19.4 Å². The molecule has 0 saturated carbocycles. The topological polar surface area (TPSA) is 94.1 Å². The van der Waals surface area contributed by atoms with E-state index in [1.807, 2.05) is 48.5 Å². The summed E-state index contributed by atoms with van der Waals surface area (Å²) in [6, 6.07) is 16.4. The molecule has 4 aromatic rings. The Balaban J connectivity index is 1.72. The molecule has 0 spiro atoms. The van der Waals surface area contributed by atoms with Crippen molar-refractivity contribution in [3.63, 3.8) is 0 Å². The lowest BCUT2D eigenvalue weighted by molar-refractivity contribution is 0.0726. The van der Waals surface area contributed by atoms with Gasteiger partial charge in [0.2, 0.25) is 0 Å². The lowest BCUT2D eigenvalue weighted by atomic mass is 10.0. The van der Waals surface area contributed by atoms with Crippen molar-refractivity contribution in [2.75, 3.05) is 12.3 Å². The Hall–Kier alpha value is -3.71. The van der Waals surface area contributed by atoms with Crippen molar-refractivity contribution < 1.29 is 4.79 Å². The van der Waals surface area contributed by atoms with Crippen LogP contribution in [-0.4, -0.2) is 31.9 Å². The monoisotopic (exact) mass is 445 g/mol. The maximum atomic E-state index is 13.7. The van der Waals surface area contributed by atoms with E-state index in [0.717, 1.165) is 17.5 Å². The summed E-state index contributed by atoms with van der Waals surface area (Å²) in [6.45, 7) is 0.538. The lowest BCUT2D eigenvalue weighted by Gasteiger charge is -2.28. The van der Waals surface area contributed by atoms with Crippen molar-refractivity contribution in [3.05, 3.63) is 93.8 Å². The SMILES string of the molecule is Nc1nccnc1C(=O)N1CCCC1c1cc2cccc(Cl)c2c(=O)n1-c1ccccc1. The predicted molar refractivity (Wildman–Crippen MR) is 124 cm³/mol. The molecule has 1 atom stereocenters. The second-order valence-corrected chi connectivity index (χ2v) is 8.10. The molecule has 1 unspecified atom stereocenters. The molecule has 1 amide bonds. The smallest absolute Gasteiger partial charge is 0.276 e. The molecule has 2 N–H and O–H groups in total.